The van der Waals surface area contributed by atoms with Gasteiger partial charge in [0.25, 0.3) is 0 Å². The zero-order valence-corrected chi connectivity index (χ0v) is 13.2. The molecule has 0 spiro atoms. The summed E-state index contributed by atoms with van der Waals surface area (Å²) in [5.74, 6) is -0.101. The summed E-state index contributed by atoms with van der Waals surface area (Å²) < 4.78 is 6.06. The Labute approximate surface area is 122 Å². The van der Waals surface area contributed by atoms with Crippen molar-refractivity contribution in [1.29, 1.82) is 0 Å². The highest BCUT2D eigenvalue weighted by atomic mass is 16.6. The lowest BCUT2D eigenvalue weighted by Gasteiger charge is -2.35. The van der Waals surface area contributed by atoms with Crippen LogP contribution in [0, 0.1) is 5.41 Å². The molecule has 1 aromatic carbocycles. The molecule has 0 fully saturated rings. The maximum atomic E-state index is 12.4. The Hall–Kier alpha value is -1.31. The van der Waals surface area contributed by atoms with Gasteiger partial charge in [-0.15, -0.1) is 0 Å². The van der Waals surface area contributed by atoms with E-state index in [1.807, 2.05) is 20.8 Å². The van der Waals surface area contributed by atoms with Crippen molar-refractivity contribution in [2.24, 2.45) is 5.41 Å². The highest BCUT2D eigenvalue weighted by molar-refractivity contribution is 5.76. The van der Waals surface area contributed by atoms with E-state index in [2.05, 4.69) is 31.2 Å². The van der Waals surface area contributed by atoms with Gasteiger partial charge in [0, 0.05) is 0 Å². The molecule has 0 saturated carbocycles. The molecule has 0 amide bonds. The molecule has 0 radical (unpaired) electrons. The smallest absolute Gasteiger partial charge is 0.312 e. The minimum absolute atomic E-state index is 0.101. The standard InChI is InChI=1S/C18H26O2/c1-5-18(20-16(19)17(2,3)4)13-9-8-11-14-10-6-7-12-15(14)18/h6-7,10,12H,5,8-9,11,13H2,1-4H3. The maximum Gasteiger partial charge on any atom is 0.312 e. The molecule has 1 aliphatic carbocycles. The molecule has 2 nitrogen and oxygen atoms in total. The summed E-state index contributed by atoms with van der Waals surface area (Å²) in [6.07, 6.45) is 5.14. The minimum Gasteiger partial charge on any atom is -0.454 e. The van der Waals surface area contributed by atoms with Gasteiger partial charge in [-0.3, -0.25) is 4.79 Å². The number of ether oxygens (including phenoxy) is 1. The van der Waals surface area contributed by atoms with Crippen LogP contribution in [0.25, 0.3) is 0 Å². The number of aryl methyl sites for hydroxylation is 1. The van der Waals surface area contributed by atoms with E-state index in [0.717, 1.165) is 25.7 Å². The van der Waals surface area contributed by atoms with Crippen molar-refractivity contribution in [1.82, 2.24) is 0 Å². The molecule has 1 atom stereocenters. The van der Waals surface area contributed by atoms with E-state index in [1.165, 1.54) is 17.5 Å². The van der Waals surface area contributed by atoms with Crippen LogP contribution in [-0.2, 0) is 21.6 Å². The van der Waals surface area contributed by atoms with Crippen LogP contribution in [0.3, 0.4) is 0 Å². The Morgan fingerprint density at radius 2 is 1.95 bits per heavy atom. The summed E-state index contributed by atoms with van der Waals surface area (Å²) in [5.41, 5.74) is 1.67. The first kappa shape index (κ1) is 15.1. The topological polar surface area (TPSA) is 26.3 Å². The van der Waals surface area contributed by atoms with Crippen LogP contribution in [0.2, 0.25) is 0 Å². The quantitative estimate of drug-likeness (QED) is 0.581. The van der Waals surface area contributed by atoms with Crippen LogP contribution in [0.5, 0.6) is 0 Å². The summed E-state index contributed by atoms with van der Waals surface area (Å²) in [7, 11) is 0. The third-order valence-electron chi connectivity index (χ3n) is 4.26. The highest BCUT2D eigenvalue weighted by Crippen LogP contribution is 2.41. The Balaban J connectivity index is 2.41. The highest BCUT2D eigenvalue weighted by Gasteiger charge is 2.39. The van der Waals surface area contributed by atoms with E-state index in [1.54, 1.807) is 0 Å². The van der Waals surface area contributed by atoms with Crippen LogP contribution in [-0.4, -0.2) is 5.97 Å². The largest absolute Gasteiger partial charge is 0.454 e. The van der Waals surface area contributed by atoms with Gasteiger partial charge >= 0.3 is 5.97 Å². The van der Waals surface area contributed by atoms with Gasteiger partial charge in [-0.1, -0.05) is 31.2 Å². The van der Waals surface area contributed by atoms with E-state index in [0.29, 0.717) is 0 Å². The Morgan fingerprint density at radius 3 is 2.60 bits per heavy atom. The summed E-state index contributed by atoms with van der Waals surface area (Å²) in [5, 5.41) is 0. The third kappa shape index (κ3) is 2.89. The molecule has 1 unspecified atom stereocenters. The van der Waals surface area contributed by atoms with Gasteiger partial charge in [-0.25, -0.2) is 0 Å². The van der Waals surface area contributed by atoms with Crippen LogP contribution < -0.4 is 0 Å². The SMILES string of the molecule is CCC1(OC(=O)C(C)(C)C)CCCCc2ccccc21. The fourth-order valence-electron chi connectivity index (χ4n) is 2.92. The molecule has 2 rings (SSSR count). The molecular formula is C18H26O2. The van der Waals surface area contributed by atoms with Gasteiger partial charge in [0.15, 0.2) is 0 Å². The number of hydrogen-bond donors (Lipinski definition) is 0. The van der Waals surface area contributed by atoms with E-state index in [4.69, 9.17) is 4.74 Å². The van der Waals surface area contributed by atoms with Crippen molar-refractivity contribution in [3.05, 3.63) is 35.4 Å². The number of benzene rings is 1. The average Bonchev–Trinajstić information content (AvgIpc) is 2.58. The number of hydrogen-bond acceptors (Lipinski definition) is 2. The fraction of sp³-hybridized carbons (Fsp3) is 0.611. The van der Waals surface area contributed by atoms with Gasteiger partial charge in [0.2, 0.25) is 0 Å². The molecular weight excluding hydrogens is 248 g/mol. The van der Waals surface area contributed by atoms with Gasteiger partial charge in [0.1, 0.15) is 5.60 Å². The van der Waals surface area contributed by atoms with E-state index in [-0.39, 0.29) is 5.97 Å². The van der Waals surface area contributed by atoms with Gasteiger partial charge in [0.05, 0.1) is 5.41 Å². The lowest BCUT2D eigenvalue weighted by atomic mass is 9.84. The molecule has 0 saturated heterocycles. The lowest BCUT2D eigenvalue weighted by molar-refractivity contribution is -0.172. The van der Waals surface area contributed by atoms with Crippen LogP contribution >= 0.6 is 0 Å². The molecule has 0 aromatic heterocycles. The summed E-state index contributed by atoms with van der Waals surface area (Å²) in [6, 6.07) is 8.45. The molecule has 0 N–H and O–H groups in total. The molecule has 0 heterocycles. The summed E-state index contributed by atoms with van der Waals surface area (Å²) in [4.78, 5) is 12.4. The van der Waals surface area contributed by atoms with E-state index >= 15 is 0 Å². The molecule has 110 valence electrons. The van der Waals surface area contributed by atoms with Crippen molar-refractivity contribution < 1.29 is 9.53 Å². The van der Waals surface area contributed by atoms with E-state index < -0.39 is 11.0 Å². The second-order valence-corrected chi connectivity index (χ2v) is 6.85. The molecule has 1 aromatic rings. The predicted octanol–water partition coefficient (Wildman–Crippen LogP) is 4.61. The minimum atomic E-state index is -0.455. The Bertz CT molecular complexity index is 484. The molecule has 0 aliphatic heterocycles. The lowest BCUT2D eigenvalue weighted by Crippen LogP contribution is -2.36. The first-order valence-electron chi connectivity index (χ1n) is 7.71. The van der Waals surface area contributed by atoms with Crippen molar-refractivity contribution in [3.63, 3.8) is 0 Å². The molecule has 0 bridgehead atoms. The second-order valence-electron chi connectivity index (χ2n) is 6.85. The first-order chi connectivity index (χ1) is 9.39. The van der Waals surface area contributed by atoms with Crippen LogP contribution in [0.15, 0.2) is 24.3 Å². The molecule has 2 heteroatoms. The van der Waals surface area contributed by atoms with Gasteiger partial charge in [-0.05, 0) is 64.0 Å². The fourth-order valence-corrected chi connectivity index (χ4v) is 2.92. The van der Waals surface area contributed by atoms with Gasteiger partial charge < -0.3 is 4.74 Å². The molecule has 1 aliphatic rings. The van der Waals surface area contributed by atoms with Crippen molar-refractivity contribution in [2.45, 2.75) is 65.4 Å². The van der Waals surface area contributed by atoms with Gasteiger partial charge in [-0.2, -0.15) is 0 Å². The second kappa shape index (κ2) is 5.59. The zero-order chi connectivity index (χ0) is 14.8. The predicted molar refractivity (Wildman–Crippen MR) is 81.5 cm³/mol. The Kier molecular flexibility index (Phi) is 4.22. The molecule has 20 heavy (non-hydrogen) atoms. The number of fused-ring (bicyclic) bond motifs is 1. The van der Waals surface area contributed by atoms with Crippen LogP contribution in [0.4, 0.5) is 0 Å². The van der Waals surface area contributed by atoms with Crippen molar-refractivity contribution in [2.75, 3.05) is 0 Å². The first-order valence-corrected chi connectivity index (χ1v) is 7.71. The number of esters is 1. The van der Waals surface area contributed by atoms with Crippen LogP contribution in [0.1, 0.15) is 64.5 Å². The van der Waals surface area contributed by atoms with Crippen molar-refractivity contribution >= 4 is 5.97 Å². The Morgan fingerprint density at radius 1 is 1.25 bits per heavy atom. The maximum absolute atomic E-state index is 12.4. The average molecular weight is 274 g/mol. The number of carbonyl (C=O) groups is 1. The number of rotatable bonds is 2. The normalized spacial score (nSPS) is 22.8. The summed E-state index contributed by atoms with van der Waals surface area (Å²) in [6.45, 7) is 7.88. The van der Waals surface area contributed by atoms with Crippen molar-refractivity contribution in [3.8, 4) is 0 Å². The number of carbonyl (C=O) groups excluding carboxylic acids is 1. The third-order valence-corrected chi connectivity index (χ3v) is 4.26. The van der Waals surface area contributed by atoms with E-state index in [9.17, 15) is 4.79 Å². The summed E-state index contributed by atoms with van der Waals surface area (Å²) >= 11 is 0. The monoisotopic (exact) mass is 274 g/mol. The zero-order valence-electron chi connectivity index (χ0n) is 13.2.